The molecular formula is C19H16N6O4S. The van der Waals surface area contributed by atoms with Gasteiger partial charge in [0.1, 0.15) is 5.01 Å². The van der Waals surface area contributed by atoms with Gasteiger partial charge in [-0.25, -0.2) is 10.2 Å². The third-order valence-electron chi connectivity index (χ3n) is 3.83. The number of carbonyl (C=O) groups is 2. The molecule has 1 aromatic heterocycles. The third kappa shape index (κ3) is 5.08. The zero-order valence-corrected chi connectivity index (χ0v) is 16.3. The topological polar surface area (TPSA) is 127 Å². The van der Waals surface area contributed by atoms with Crippen molar-refractivity contribution in [3.8, 4) is 11.5 Å². The molecule has 3 aromatic rings. The number of anilines is 2. The van der Waals surface area contributed by atoms with Crippen LogP contribution in [-0.4, -0.2) is 35.1 Å². The number of rotatable bonds is 6. The van der Waals surface area contributed by atoms with Crippen LogP contribution < -0.4 is 25.5 Å². The highest BCUT2D eigenvalue weighted by atomic mass is 32.1. The van der Waals surface area contributed by atoms with Gasteiger partial charge in [-0.15, -0.1) is 10.2 Å². The monoisotopic (exact) mass is 424 g/mol. The molecule has 0 fully saturated rings. The molecule has 4 rings (SSSR count). The van der Waals surface area contributed by atoms with Gasteiger partial charge in [0.15, 0.2) is 11.5 Å². The number of hydrazone groups is 1. The van der Waals surface area contributed by atoms with Crippen molar-refractivity contribution in [3.63, 3.8) is 0 Å². The summed E-state index contributed by atoms with van der Waals surface area (Å²) in [5.41, 5.74) is 3.84. The van der Waals surface area contributed by atoms with Crippen LogP contribution in [0.1, 0.15) is 10.6 Å². The molecule has 2 aromatic carbocycles. The van der Waals surface area contributed by atoms with Crippen molar-refractivity contribution in [2.45, 2.75) is 6.42 Å². The normalized spacial score (nSPS) is 12.0. The molecule has 30 heavy (non-hydrogen) atoms. The van der Waals surface area contributed by atoms with Gasteiger partial charge in [-0.05, 0) is 35.9 Å². The summed E-state index contributed by atoms with van der Waals surface area (Å²) in [6, 6.07) is 13.9. The largest absolute Gasteiger partial charge is 0.454 e. The Morgan fingerprint density at radius 3 is 2.77 bits per heavy atom. The molecule has 10 nitrogen and oxygen atoms in total. The van der Waals surface area contributed by atoms with Crippen LogP contribution in [0.15, 0.2) is 53.6 Å². The first-order valence-electron chi connectivity index (χ1n) is 8.83. The lowest BCUT2D eigenvalue weighted by Gasteiger charge is -2.03. The van der Waals surface area contributed by atoms with E-state index in [1.165, 1.54) is 6.21 Å². The quantitative estimate of drug-likeness (QED) is 0.412. The van der Waals surface area contributed by atoms with Crippen molar-refractivity contribution in [3.05, 3.63) is 59.1 Å². The predicted octanol–water partition coefficient (Wildman–Crippen LogP) is 2.60. The highest BCUT2D eigenvalue weighted by Gasteiger charge is 2.13. The number of hydrogen-bond acceptors (Lipinski definition) is 8. The maximum Gasteiger partial charge on any atom is 0.325 e. The van der Waals surface area contributed by atoms with Crippen molar-refractivity contribution in [2.24, 2.45) is 5.10 Å². The average molecular weight is 424 g/mol. The van der Waals surface area contributed by atoms with E-state index in [1.54, 1.807) is 30.3 Å². The van der Waals surface area contributed by atoms with E-state index in [1.807, 2.05) is 18.2 Å². The Labute approximate surface area is 174 Å². The maximum atomic E-state index is 12.0. The number of nitrogens with zero attached hydrogens (tertiary/aromatic N) is 3. The van der Waals surface area contributed by atoms with E-state index in [-0.39, 0.29) is 24.3 Å². The number of benzene rings is 2. The van der Waals surface area contributed by atoms with Gasteiger partial charge in [0, 0.05) is 5.69 Å². The fourth-order valence-corrected chi connectivity index (χ4v) is 3.24. The fourth-order valence-electron chi connectivity index (χ4n) is 2.51. The highest BCUT2D eigenvalue weighted by molar-refractivity contribution is 7.15. The smallest absolute Gasteiger partial charge is 0.325 e. The molecule has 0 atom stereocenters. The molecule has 0 aliphatic carbocycles. The van der Waals surface area contributed by atoms with Gasteiger partial charge in [-0.3, -0.25) is 10.1 Å². The molecule has 1 aliphatic rings. The first-order chi connectivity index (χ1) is 14.7. The van der Waals surface area contributed by atoms with Crippen LogP contribution >= 0.6 is 11.3 Å². The van der Waals surface area contributed by atoms with Gasteiger partial charge in [-0.2, -0.15) is 5.10 Å². The Balaban J connectivity index is 1.25. The summed E-state index contributed by atoms with van der Waals surface area (Å²) >= 11 is 1.11. The second-order valence-corrected chi connectivity index (χ2v) is 7.09. The Morgan fingerprint density at radius 2 is 1.90 bits per heavy atom. The number of nitrogens with one attached hydrogen (secondary N) is 3. The van der Waals surface area contributed by atoms with Crippen LogP contribution in [0.4, 0.5) is 15.6 Å². The zero-order valence-electron chi connectivity index (χ0n) is 15.5. The Morgan fingerprint density at radius 1 is 1.07 bits per heavy atom. The average Bonchev–Trinajstić information content (AvgIpc) is 3.37. The fraction of sp³-hybridized carbons (Fsp3) is 0.105. The first-order valence-corrected chi connectivity index (χ1v) is 9.64. The summed E-state index contributed by atoms with van der Waals surface area (Å²) in [5, 5.41) is 17.7. The summed E-state index contributed by atoms with van der Waals surface area (Å²) in [7, 11) is 0. The molecule has 0 radical (unpaired) electrons. The SMILES string of the molecule is O=C(Cc1nnc(NC(=O)Nc2ccccc2)s1)NN=Cc1ccc2c(c1)OCO2. The molecule has 0 saturated carbocycles. The summed E-state index contributed by atoms with van der Waals surface area (Å²) in [5.74, 6) is 0.952. The summed E-state index contributed by atoms with van der Waals surface area (Å²) in [4.78, 5) is 24.0. The predicted molar refractivity (Wildman–Crippen MR) is 111 cm³/mol. The summed E-state index contributed by atoms with van der Waals surface area (Å²) < 4.78 is 10.5. The number of fused-ring (bicyclic) bond motifs is 1. The molecule has 11 heteroatoms. The number of ether oxygens (including phenoxy) is 2. The minimum absolute atomic E-state index is 0.0157. The molecule has 3 N–H and O–H groups in total. The van der Waals surface area contributed by atoms with Gasteiger partial charge >= 0.3 is 6.03 Å². The standard InChI is InChI=1S/C19H16N6O4S/c26-16(23-20-10-12-6-7-14-15(8-12)29-11-28-14)9-17-24-25-19(30-17)22-18(27)21-13-4-2-1-3-5-13/h1-8,10H,9,11H2,(H,23,26)(H2,21,22,25,27). The second-order valence-electron chi connectivity index (χ2n) is 6.03. The molecule has 0 spiro atoms. The number of amides is 3. The van der Waals surface area contributed by atoms with Gasteiger partial charge in [0.25, 0.3) is 0 Å². The van der Waals surface area contributed by atoms with Crippen LogP contribution in [-0.2, 0) is 11.2 Å². The molecule has 3 amide bonds. The lowest BCUT2D eigenvalue weighted by Crippen LogP contribution is -2.19. The number of hydrogen-bond donors (Lipinski definition) is 3. The number of urea groups is 1. The van der Waals surface area contributed by atoms with Gasteiger partial charge in [0.05, 0.1) is 12.6 Å². The minimum atomic E-state index is -0.443. The molecule has 1 aliphatic heterocycles. The third-order valence-corrected chi connectivity index (χ3v) is 4.67. The van der Waals surface area contributed by atoms with E-state index < -0.39 is 6.03 Å². The van der Waals surface area contributed by atoms with Gasteiger partial charge in [0.2, 0.25) is 17.8 Å². The van der Waals surface area contributed by atoms with Crippen molar-refractivity contribution >= 4 is 40.3 Å². The Hall–Kier alpha value is -3.99. The first kappa shape index (κ1) is 19.3. The van der Waals surface area contributed by atoms with Crippen LogP contribution in [0.5, 0.6) is 11.5 Å². The van der Waals surface area contributed by atoms with E-state index in [2.05, 4.69) is 31.4 Å². The van der Waals surface area contributed by atoms with Crippen LogP contribution in [0.25, 0.3) is 0 Å². The van der Waals surface area contributed by atoms with Crippen molar-refractivity contribution in [1.29, 1.82) is 0 Å². The molecule has 0 saturated heterocycles. The van der Waals surface area contributed by atoms with E-state index in [4.69, 9.17) is 9.47 Å². The van der Waals surface area contributed by atoms with Crippen molar-refractivity contribution in [2.75, 3.05) is 17.4 Å². The molecule has 0 bridgehead atoms. The molecule has 152 valence electrons. The van der Waals surface area contributed by atoms with Crippen molar-refractivity contribution in [1.82, 2.24) is 15.6 Å². The van der Waals surface area contributed by atoms with Gasteiger partial charge < -0.3 is 14.8 Å². The lowest BCUT2D eigenvalue weighted by molar-refractivity contribution is -0.120. The van der Waals surface area contributed by atoms with Crippen LogP contribution in [0.2, 0.25) is 0 Å². The van der Waals surface area contributed by atoms with E-state index in [9.17, 15) is 9.59 Å². The van der Waals surface area contributed by atoms with Crippen LogP contribution in [0.3, 0.4) is 0 Å². The van der Waals surface area contributed by atoms with E-state index >= 15 is 0 Å². The van der Waals surface area contributed by atoms with Gasteiger partial charge in [-0.1, -0.05) is 29.5 Å². The minimum Gasteiger partial charge on any atom is -0.454 e. The Kier molecular flexibility index (Phi) is 5.80. The molecule has 0 unspecified atom stereocenters. The summed E-state index contributed by atoms with van der Waals surface area (Å²) in [6.45, 7) is 0.194. The number of carbonyl (C=O) groups excluding carboxylic acids is 2. The lowest BCUT2D eigenvalue weighted by atomic mass is 10.2. The second kappa shape index (κ2) is 9.01. The van der Waals surface area contributed by atoms with Crippen molar-refractivity contribution < 1.29 is 19.1 Å². The van der Waals surface area contributed by atoms with E-state index in [0.717, 1.165) is 16.9 Å². The number of para-hydroxylation sites is 1. The van der Waals surface area contributed by atoms with Crippen LogP contribution in [0, 0.1) is 0 Å². The highest BCUT2D eigenvalue weighted by Crippen LogP contribution is 2.31. The molecular weight excluding hydrogens is 408 g/mol. The Bertz CT molecular complexity index is 1090. The summed E-state index contributed by atoms with van der Waals surface area (Å²) in [6.07, 6.45) is 1.49. The maximum absolute atomic E-state index is 12.0. The zero-order chi connectivity index (χ0) is 20.8. The van der Waals surface area contributed by atoms with E-state index in [0.29, 0.717) is 22.2 Å². The number of aromatic nitrogens is 2. The molecule has 2 heterocycles.